The standard InChI is InChI=1S/C14H22N2O2S/c1-11(13-5-4-8-19-13)15(2)9-12(17)10-16-7-3-6-14(16)18/h4-5,8,11-12,17H,3,6-7,9-10H2,1-2H3. The molecule has 1 aliphatic rings. The highest BCUT2D eigenvalue weighted by atomic mass is 32.1. The molecule has 1 N–H and O–H groups in total. The zero-order chi connectivity index (χ0) is 13.8. The minimum atomic E-state index is -0.477. The third-order valence-corrected chi connectivity index (χ3v) is 4.76. The first-order valence-corrected chi connectivity index (χ1v) is 7.65. The first-order valence-electron chi connectivity index (χ1n) is 6.77. The van der Waals surface area contributed by atoms with Crippen LogP contribution in [0.5, 0.6) is 0 Å². The predicted octanol–water partition coefficient (Wildman–Crippen LogP) is 1.72. The zero-order valence-corrected chi connectivity index (χ0v) is 12.4. The summed E-state index contributed by atoms with van der Waals surface area (Å²) in [7, 11) is 2.01. The van der Waals surface area contributed by atoms with Gasteiger partial charge in [0.15, 0.2) is 0 Å². The Labute approximate surface area is 118 Å². The summed E-state index contributed by atoms with van der Waals surface area (Å²) in [6.07, 6.45) is 1.08. The second-order valence-corrected chi connectivity index (χ2v) is 6.21. The highest BCUT2D eigenvalue weighted by Crippen LogP contribution is 2.23. The van der Waals surface area contributed by atoms with Crippen LogP contribution in [-0.4, -0.2) is 53.6 Å². The second-order valence-electron chi connectivity index (χ2n) is 5.23. The molecule has 1 saturated heterocycles. The summed E-state index contributed by atoms with van der Waals surface area (Å²) in [5.41, 5.74) is 0. The van der Waals surface area contributed by atoms with E-state index in [0.717, 1.165) is 13.0 Å². The highest BCUT2D eigenvalue weighted by molar-refractivity contribution is 7.10. The summed E-state index contributed by atoms with van der Waals surface area (Å²) < 4.78 is 0. The molecular formula is C14H22N2O2S. The second kappa shape index (κ2) is 6.50. The van der Waals surface area contributed by atoms with Crippen molar-refractivity contribution in [2.24, 2.45) is 0 Å². The predicted molar refractivity (Wildman–Crippen MR) is 77.2 cm³/mol. The number of likely N-dealkylation sites (N-methyl/N-ethyl adjacent to an activating group) is 1. The van der Waals surface area contributed by atoms with E-state index in [1.165, 1.54) is 4.88 Å². The summed E-state index contributed by atoms with van der Waals surface area (Å²) in [4.78, 5) is 16.7. The molecule has 4 nitrogen and oxygen atoms in total. The molecule has 1 aliphatic heterocycles. The van der Waals surface area contributed by atoms with Crippen LogP contribution in [0.4, 0.5) is 0 Å². The van der Waals surface area contributed by atoms with Crippen LogP contribution >= 0.6 is 11.3 Å². The molecule has 0 aliphatic carbocycles. The molecule has 2 atom stereocenters. The Hall–Kier alpha value is -0.910. The fourth-order valence-corrected chi connectivity index (χ4v) is 3.29. The molecule has 1 amide bonds. The van der Waals surface area contributed by atoms with Crippen LogP contribution in [0.3, 0.4) is 0 Å². The van der Waals surface area contributed by atoms with E-state index < -0.39 is 6.10 Å². The Morgan fingerprint density at radius 1 is 1.58 bits per heavy atom. The summed E-state index contributed by atoms with van der Waals surface area (Å²) in [6.45, 7) is 3.98. The number of β-amino-alcohol motifs (C(OH)–C–C–N with tert-alkyl or cyclic N) is 1. The molecule has 0 radical (unpaired) electrons. The molecule has 0 saturated carbocycles. The van der Waals surface area contributed by atoms with Crippen LogP contribution in [0.1, 0.15) is 30.7 Å². The Bertz CT molecular complexity index is 408. The van der Waals surface area contributed by atoms with Gasteiger partial charge in [-0.3, -0.25) is 9.69 Å². The average Bonchev–Trinajstić information content (AvgIpc) is 3.01. The smallest absolute Gasteiger partial charge is 0.222 e. The molecule has 106 valence electrons. The molecule has 0 spiro atoms. The number of rotatable bonds is 6. The molecule has 2 rings (SSSR count). The van der Waals surface area contributed by atoms with Crippen molar-refractivity contribution in [3.63, 3.8) is 0 Å². The lowest BCUT2D eigenvalue weighted by molar-refractivity contribution is -0.129. The van der Waals surface area contributed by atoms with E-state index in [9.17, 15) is 9.90 Å². The summed E-state index contributed by atoms with van der Waals surface area (Å²) >= 11 is 1.73. The minimum absolute atomic E-state index is 0.174. The molecule has 2 heterocycles. The van der Waals surface area contributed by atoms with Crippen LogP contribution in [0.15, 0.2) is 17.5 Å². The van der Waals surface area contributed by atoms with E-state index in [1.54, 1.807) is 16.2 Å². The fourth-order valence-electron chi connectivity index (χ4n) is 2.45. The van der Waals surface area contributed by atoms with Gasteiger partial charge >= 0.3 is 0 Å². The van der Waals surface area contributed by atoms with Gasteiger partial charge in [0.1, 0.15) is 0 Å². The van der Waals surface area contributed by atoms with Crippen molar-refractivity contribution in [1.29, 1.82) is 0 Å². The fraction of sp³-hybridized carbons (Fsp3) is 0.643. The molecule has 5 heteroatoms. The minimum Gasteiger partial charge on any atom is -0.390 e. The van der Waals surface area contributed by atoms with Gasteiger partial charge in [0.25, 0.3) is 0 Å². The third-order valence-electron chi connectivity index (χ3n) is 3.72. The van der Waals surface area contributed by atoms with Crippen LogP contribution in [0.2, 0.25) is 0 Å². The van der Waals surface area contributed by atoms with E-state index in [-0.39, 0.29) is 5.91 Å². The number of hydrogen-bond acceptors (Lipinski definition) is 4. The number of hydrogen-bond donors (Lipinski definition) is 1. The van der Waals surface area contributed by atoms with Crippen molar-refractivity contribution < 1.29 is 9.90 Å². The molecule has 1 fully saturated rings. The van der Waals surface area contributed by atoms with E-state index in [0.29, 0.717) is 25.6 Å². The van der Waals surface area contributed by atoms with Gasteiger partial charge in [-0.15, -0.1) is 11.3 Å². The number of aliphatic hydroxyl groups excluding tert-OH is 1. The van der Waals surface area contributed by atoms with E-state index in [2.05, 4.69) is 23.3 Å². The lowest BCUT2D eigenvalue weighted by atomic mass is 10.2. The Morgan fingerprint density at radius 3 is 2.95 bits per heavy atom. The summed E-state index contributed by atoms with van der Waals surface area (Å²) in [6, 6.07) is 4.45. The summed E-state index contributed by atoms with van der Waals surface area (Å²) in [5, 5.41) is 12.2. The first-order chi connectivity index (χ1) is 9.08. The molecule has 2 unspecified atom stereocenters. The normalized spacial score (nSPS) is 19.2. The first kappa shape index (κ1) is 14.5. The maximum absolute atomic E-state index is 11.5. The SMILES string of the molecule is CC(c1cccs1)N(C)CC(O)CN1CCCC1=O. The van der Waals surface area contributed by atoms with Crippen LogP contribution in [0, 0.1) is 0 Å². The van der Waals surface area contributed by atoms with E-state index in [4.69, 9.17) is 0 Å². The molecule has 19 heavy (non-hydrogen) atoms. The number of aliphatic hydroxyl groups is 1. The van der Waals surface area contributed by atoms with Crippen molar-refractivity contribution in [2.45, 2.75) is 31.9 Å². The van der Waals surface area contributed by atoms with Crippen LogP contribution < -0.4 is 0 Å². The number of thiophene rings is 1. The number of amides is 1. The van der Waals surface area contributed by atoms with E-state index >= 15 is 0 Å². The highest BCUT2D eigenvalue weighted by Gasteiger charge is 2.24. The number of carbonyl (C=O) groups is 1. The average molecular weight is 282 g/mol. The van der Waals surface area contributed by atoms with Crippen molar-refractivity contribution >= 4 is 17.2 Å². The van der Waals surface area contributed by atoms with Gasteiger partial charge in [0.05, 0.1) is 6.10 Å². The van der Waals surface area contributed by atoms with Gasteiger partial charge in [-0.1, -0.05) is 6.07 Å². The zero-order valence-electron chi connectivity index (χ0n) is 11.6. The largest absolute Gasteiger partial charge is 0.390 e. The van der Waals surface area contributed by atoms with Gasteiger partial charge in [-0.05, 0) is 31.8 Å². The van der Waals surface area contributed by atoms with Crippen molar-refractivity contribution in [2.75, 3.05) is 26.7 Å². The van der Waals surface area contributed by atoms with E-state index in [1.807, 2.05) is 13.1 Å². The van der Waals surface area contributed by atoms with Gasteiger partial charge < -0.3 is 10.0 Å². The molecule has 1 aromatic rings. The van der Waals surface area contributed by atoms with Gasteiger partial charge in [-0.25, -0.2) is 0 Å². The third kappa shape index (κ3) is 3.78. The summed E-state index contributed by atoms with van der Waals surface area (Å²) in [5.74, 6) is 0.174. The number of nitrogens with zero attached hydrogens (tertiary/aromatic N) is 2. The monoisotopic (exact) mass is 282 g/mol. The quantitative estimate of drug-likeness (QED) is 0.864. The molecular weight excluding hydrogens is 260 g/mol. The van der Waals surface area contributed by atoms with Gasteiger partial charge in [-0.2, -0.15) is 0 Å². The van der Waals surface area contributed by atoms with Crippen molar-refractivity contribution in [3.05, 3.63) is 22.4 Å². The lowest BCUT2D eigenvalue weighted by Crippen LogP contribution is -2.40. The Balaban J connectivity index is 1.81. The molecule has 0 aromatic carbocycles. The molecule has 1 aromatic heterocycles. The van der Waals surface area contributed by atoms with Gasteiger partial charge in [0, 0.05) is 37.0 Å². The maximum Gasteiger partial charge on any atom is 0.222 e. The lowest BCUT2D eigenvalue weighted by Gasteiger charge is -2.28. The Kier molecular flexibility index (Phi) is 4.96. The maximum atomic E-state index is 11.5. The van der Waals surface area contributed by atoms with Crippen LogP contribution in [0.25, 0.3) is 0 Å². The van der Waals surface area contributed by atoms with Gasteiger partial charge in [0.2, 0.25) is 5.91 Å². The molecule has 0 bridgehead atoms. The van der Waals surface area contributed by atoms with Crippen molar-refractivity contribution in [1.82, 2.24) is 9.80 Å². The van der Waals surface area contributed by atoms with Crippen LogP contribution in [-0.2, 0) is 4.79 Å². The number of likely N-dealkylation sites (tertiary alicyclic amines) is 1. The van der Waals surface area contributed by atoms with Crippen molar-refractivity contribution in [3.8, 4) is 0 Å². The Morgan fingerprint density at radius 2 is 2.37 bits per heavy atom. The topological polar surface area (TPSA) is 43.8 Å². The number of carbonyl (C=O) groups excluding carboxylic acids is 1.